The summed E-state index contributed by atoms with van der Waals surface area (Å²) < 4.78 is 5.68. The second kappa shape index (κ2) is 8.70. The SMILES string of the molecule is CCCCCOCC(=O)[C@H]1CC[C@H]2[C@@H]3CC[C@H]4CC(=O)C(O)C[C@]4(C)[C@H]3C(=O)C[C@]12C. The minimum absolute atomic E-state index is 0.0560. The van der Waals surface area contributed by atoms with Gasteiger partial charge in [0.15, 0.2) is 11.6 Å². The normalized spacial score (nSPS) is 44.5. The third-order valence-electron chi connectivity index (χ3n) is 9.73. The highest BCUT2D eigenvalue weighted by atomic mass is 16.5. The van der Waals surface area contributed by atoms with E-state index in [2.05, 4.69) is 20.8 Å². The molecular formula is C26H40O5. The third-order valence-corrected chi connectivity index (χ3v) is 9.73. The summed E-state index contributed by atoms with van der Waals surface area (Å²) in [6, 6.07) is 0. The van der Waals surface area contributed by atoms with Gasteiger partial charge in [0.1, 0.15) is 18.5 Å². The summed E-state index contributed by atoms with van der Waals surface area (Å²) in [7, 11) is 0. The number of carbonyl (C=O) groups excluding carboxylic acids is 3. The summed E-state index contributed by atoms with van der Waals surface area (Å²) >= 11 is 0. The standard InChI is InChI=1S/C26H40O5/c1-4-5-6-11-31-15-23(30)19-10-9-18-17-8-7-16-12-20(27)21(28)13-25(16,2)24(17)22(29)14-26(18,19)3/h16-19,21,24,28H,4-15H2,1-3H3/t16-,17-,18-,19+,21?,24+,25-,26-/m0/s1. The Morgan fingerprint density at radius 3 is 2.58 bits per heavy atom. The summed E-state index contributed by atoms with van der Waals surface area (Å²) in [5, 5.41) is 10.3. The van der Waals surface area contributed by atoms with Gasteiger partial charge in [0.05, 0.1) is 0 Å². The Morgan fingerprint density at radius 2 is 1.84 bits per heavy atom. The van der Waals surface area contributed by atoms with E-state index < -0.39 is 6.10 Å². The Balaban J connectivity index is 1.49. The zero-order valence-electron chi connectivity index (χ0n) is 19.5. The van der Waals surface area contributed by atoms with Crippen molar-refractivity contribution in [2.45, 2.75) is 91.1 Å². The second-order valence-corrected chi connectivity index (χ2v) is 11.4. The number of rotatable bonds is 7. The molecule has 4 rings (SSSR count). The molecule has 0 aromatic heterocycles. The molecule has 0 amide bonds. The largest absolute Gasteiger partial charge is 0.385 e. The van der Waals surface area contributed by atoms with Crippen LogP contribution in [0.1, 0.15) is 85.0 Å². The molecule has 0 aliphatic heterocycles. The van der Waals surface area contributed by atoms with Gasteiger partial charge in [0.25, 0.3) is 0 Å². The first-order valence-electron chi connectivity index (χ1n) is 12.6. The Kier molecular flexibility index (Phi) is 6.48. The number of aliphatic hydroxyl groups excluding tert-OH is 1. The molecule has 0 aromatic rings. The van der Waals surface area contributed by atoms with Gasteiger partial charge in [-0.25, -0.2) is 0 Å². The Hall–Kier alpha value is -1.07. The van der Waals surface area contributed by atoms with Crippen molar-refractivity contribution in [1.29, 1.82) is 0 Å². The molecule has 1 N–H and O–H groups in total. The van der Waals surface area contributed by atoms with Gasteiger partial charge in [-0.2, -0.15) is 0 Å². The molecule has 4 fully saturated rings. The molecule has 5 nitrogen and oxygen atoms in total. The van der Waals surface area contributed by atoms with Gasteiger partial charge in [0.2, 0.25) is 0 Å². The van der Waals surface area contributed by atoms with Crippen molar-refractivity contribution in [1.82, 2.24) is 0 Å². The minimum atomic E-state index is -0.927. The predicted molar refractivity (Wildman–Crippen MR) is 117 cm³/mol. The molecule has 4 saturated carbocycles. The molecule has 174 valence electrons. The maximum Gasteiger partial charge on any atom is 0.162 e. The number of fused-ring (bicyclic) bond motifs is 5. The van der Waals surface area contributed by atoms with E-state index in [1.54, 1.807) is 0 Å². The number of unbranched alkanes of at least 4 members (excludes halogenated alkanes) is 2. The van der Waals surface area contributed by atoms with E-state index in [1.807, 2.05) is 0 Å². The van der Waals surface area contributed by atoms with Crippen molar-refractivity contribution < 1.29 is 24.2 Å². The van der Waals surface area contributed by atoms with E-state index in [0.717, 1.165) is 44.9 Å². The number of ketones is 3. The lowest BCUT2D eigenvalue weighted by atomic mass is 9.44. The lowest BCUT2D eigenvalue weighted by Gasteiger charge is -2.59. The Bertz CT molecular complexity index is 731. The van der Waals surface area contributed by atoms with E-state index in [1.165, 1.54) is 0 Å². The van der Waals surface area contributed by atoms with E-state index in [-0.39, 0.29) is 58.5 Å². The molecule has 5 heteroatoms. The molecule has 0 radical (unpaired) electrons. The van der Waals surface area contributed by atoms with Gasteiger partial charge < -0.3 is 9.84 Å². The summed E-state index contributed by atoms with van der Waals surface area (Å²) in [5.74, 6) is 1.07. The smallest absolute Gasteiger partial charge is 0.162 e. The maximum atomic E-state index is 13.6. The molecular weight excluding hydrogens is 392 g/mol. The van der Waals surface area contributed by atoms with Crippen LogP contribution in [0.15, 0.2) is 0 Å². The van der Waals surface area contributed by atoms with Crippen molar-refractivity contribution >= 4 is 17.3 Å². The fourth-order valence-corrected chi connectivity index (χ4v) is 8.17. The molecule has 0 saturated heterocycles. The lowest BCUT2D eigenvalue weighted by molar-refractivity contribution is -0.168. The number of Topliss-reactive ketones (excluding diaryl/α,β-unsaturated/α-hetero) is 3. The highest BCUT2D eigenvalue weighted by molar-refractivity contribution is 5.89. The summed E-state index contributed by atoms with van der Waals surface area (Å²) in [6.07, 6.45) is 7.38. The van der Waals surface area contributed by atoms with Crippen LogP contribution in [0.5, 0.6) is 0 Å². The van der Waals surface area contributed by atoms with Crippen LogP contribution in [0.2, 0.25) is 0 Å². The fraction of sp³-hybridized carbons (Fsp3) is 0.885. The quantitative estimate of drug-likeness (QED) is 0.612. The summed E-state index contributed by atoms with van der Waals surface area (Å²) in [6.45, 7) is 7.28. The van der Waals surface area contributed by atoms with Crippen LogP contribution in [-0.2, 0) is 19.1 Å². The average molecular weight is 433 g/mol. The number of hydrogen-bond donors (Lipinski definition) is 1. The first-order chi connectivity index (χ1) is 14.7. The number of carbonyl (C=O) groups is 3. The fourth-order valence-electron chi connectivity index (χ4n) is 8.17. The summed E-state index contributed by atoms with van der Waals surface area (Å²) in [5.41, 5.74) is -0.562. The van der Waals surface area contributed by atoms with E-state index in [9.17, 15) is 19.5 Å². The number of ether oxygens (including phenoxy) is 1. The number of hydrogen-bond acceptors (Lipinski definition) is 5. The molecule has 0 heterocycles. The number of aliphatic hydroxyl groups is 1. The molecule has 0 aromatic carbocycles. The van der Waals surface area contributed by atoms with Crippen LogP contribution in [0.4, 0.5) is 0 Å². The highest BCUT2D eigenvalue weighted by Crippen LogP contribution is 2.66. The molecule has 31 heavy (non-hydrogen) atoms. The van der Waals surface area contributed by atoms with Crippen LogP contribution in [-0.4, -0.2) is 41.8 Å². The van der Waals surface area contributed by atoms with E-state index in [4.69, 9.17) is 4.74 Å². The highest BCUT2D eigenvalue weighted by Gasteiger charge is 2.64. The van der Waals surface area contributed by atoms with Crippen molar-refractivity contribution in [3.05, 3.63) is 0 Å². The third kappa shape index (κ3) is 3.84. The second-order valence-electron chi connectivity index (χ2n) is 11.4. The van der Waals surface area contributed by atoms with Gasteiger partial charge in [-0.3, -0.25) is 14.4 Å². The van der Waals surface area contributed by atoms with Crippen molar-refractivity contribution in [3.63, 3.8) is 0 Å². The van der Waals surface area contributed by atoms with E-state index >= 15 is 0 Å². The molecule has 8 atom stereocenters. The molecule has 1 unspecified atom stereocenters. The van der Waals surface area contributed by atoms with Gasteiger partial charge in [-0.1, -0.05) is 33.6 Å². The first kappa shape index (κ1) is 23.1. The van der Waals surface area contributed by atoms with Crippen LogP contribution in [0.3, 0.4) is 0 Å². The van der Waals surface area contributed by atoms with Gasteiger partial charge in [-0.15, -0.1) is 0 Å². The molecule has 0 spiro atoms. The Labute approximate surface area is 186 Å². The van der Waals surface area contributed by atoms with Crippen molar-refractivity contribution in [2.24, 2.45) is 40.4 Å². The average Bonchev–Trinajstić information content (AvgIpc) is 3.05. The predicted octanol–water partition coefficient (Wildman–Crippen LogP) is 4.14. The Morgan fingerprint density at radius 1 is 1.06 bits per heavy atom. The van der Waals surface area contributed by atoms with Gasteiger partial charge in [-0.05, 0) is 67.1 Å². The monoisotopic (exact) mass is 432 g/mol. The minimum Gasteiger partial charge on any atom is -0.385 e. The van der Waals surface area contributed by atoms with Crippen molar-refractivity contribution in [3.8, 4) is 0 Å². The van der Waals surface area contributed by atoms with Crippen LogP contribution >= 0.6 is 0 Å². The molecule has 4 aliphatic rings. The lowest BCUT2D eigenvalue weighted by Crippen LogP contribution is -2.59. The van der Waals surface area contributed by atoms with E-state index in [0.29, 0.717) is 31.8 Å². The molecule has 4 aliphatic carbocycles. The first-order valence-corrected chi connectivity index (χ1v) is 12.6. The van der Waals surface area contributed by atoms with Gasteiger partial charge >= 0.3 is 0 Å². The topological polar surface area (TPSA) is 80.7 Å². The van der Waals surface area contributed by atoms with Crippen LogP contribution < -0.4 is 0 Å². The maximum absolute atomic E-state index is 13.6. The summed E-state index contributed by atoms with van der Waals surface area (Å²) in [4.78, 5) is 38.8. The molecule has 0 bridgehead atoms. The van der Waals surface area contributed by atoms with Gasteiger partial charge in [0, 0.05) is 31.3 Å². The van der Waals surface area contributed by atoms with Crippen LogP contribution in [0, 0.1) is 40.4 Å². The van der Waals surface area contributed by atoms with Crippen molar-refractivity contribution in [2.75, 3.05) is 13.2 Å². The van der Waals surface area contributed by atoms with Crippen LogP contribution in [0.25, 0.3) is 0 Å². The zero-order chi connectivity index (χ0) is 22.4. The zero-order valence-corrected chi connectivity index (χ0v) is 19.5.